The van der Waals surface area contributed by atoms with Gasteiger partial charge in [-0.3, -0.25) is 9.59 Å². The number of carbonyl (C=O) groups is 2. The molecular formula is C13H24O4. The first-order valence-electron chi connectivity index (χ1n) is 6.21. The molecule has 4 nitrogen and oxygen atoms in total. The molecule has 100 valence electrons. The van der Waals surface area contributed by atoms with E-state index in [1.165, 1.54) is 0 Å². The van der Waals surface area contributed by atoms with E-state index in [1.54, 1.807) is 20.8 Å². The summed E-state index contributed by atoms with van der Waals surface area (Å²) in [6.07, 6.45) is 3.39. The molecule has 0 aromatic carbocycles. The van der Waals surface area contributed by atoms with Crippen molar-refractivity contribution in [3.63, 3.8) is 0 Å². The van der Waals surface area contributed by atoms with E-state index in [2.05, 4.69) is 6.92 Å². The van der Waals surface area contributed by atoms with Crippen LogP contribution in [0.5, 0.6) is 0 Å². The molecule has 0 heterocycles. The van der Waals surface area contributed by atoms with E-state index in [1.807, 2.05) is 0 Å². The Hall–Kier alpha value is -1.06. The summed E-state index contributed by atoms with van der Waals surface area (Å²) in [4.78, 5) is 22.5. The number of carboxylic acids is 1. The molecule has 0 aliphatic rings. The fourth-order valence-electron chi connectivity index (χ4n) is 1.54. The molecule has 0 radical (unpaired) electrons. The van der Waals surface area contributed by atoms with Crippen molar-refractivity contribution in [1.29, 1.82) is 0 Å². The number of rotatable bonds is 7. The van der Waals surface area contributed by atoms with Gasteiger partial charge in [0.2, 0.25) is 0 Å². The summed E-state index contributed by atoms with van der Waals surface area (Å²) in [6.45, 7) is 7.39. The fourth-order valence-corrected chi connectivity index (χ4v) is 1.54. The van der Waals surface area contributed by atoms with Gasteiger partial charge in [0.1, 0.15) is 5.60 Å². The van der Waals surface area contributed by atoms with Gasteiger partial charge in [-0.25, -0.2) is 0 Å². The normalized spacial score (nSPS) is 13.2. The molecule has 0 bridgehead atoms. The van der Waals surface area contributed by atoms with E-state index in [0.717, 1.165) is 19.3 Å². The second-order valence-electron chi connectivity index (χ2n) is 5.32. The summed E-state index contributed by atoms with van der Waals surface area (Å²) in [7, 11) is 0. The van der Waals surface area contributed by atoms with Crippen LogP contribution in [0, 0.1) is 5.92 Å². The number of hydrogen-bond acceptors (Lipinski definition) is 3. The van der Waals surface area contributed by atoms with Gasteiger partial charge in [-0.2, -0.15) is 0 Å². The van der Waals surface area contributed by atoms with Gasteiger partial charge in [-0.05, 0) is 27.2 Å². The molecule has 0 saturated heterocycles. The second-order valence-corrected chi connectivity index (χ2v) is 5.32. The molecule has 0 aliphatic heterocycles. The Morgan fingerprint density at radius 1 is 1.24 bits per heavy atom. The maximum Gasteiger partial charge on any atom is 0.307 e. The van der Waals surface area contributed by atoms with Crippen LogP contribution in [0.1, 0.15) is 59.8 Å². The molecule has 0 saturated carbocycles. The van der Waals surface area contributed by atoms with Crippen LogP contribution in [0.4, 0.5) is 0 Å². The Kier molecular flexibility index (Phi) is 6.85. The van der Waals surface area contributed by atoms with Crippen LogP contribution in [0.2, 0.25) is 0 Å². The minimum atomic E-state index is -0.910. The van der Waals surface area contributed by atoms with Gasteiger partial charge >= 0.3 is 11.9 Å². The molecule has 0 aromatic heterocycles. The summed E-state index contributed by atoms with van der Waals surface area (Å²) in [6, 6.07) is 0. The highest BCUT2D eigenvalue weighted by Gasteiger charge is 2.24. The van der Waals surface area contributed by atoms with E-state index >= 15 is 0 Å². The quantitative estimate of drug-likeness (QED) is 0.552. The van der Waals surface area contributed by atoms with Crippen LogP contribution >= 0.6 is 0 Å². The van der Waals surface area contributed by atoms with Gasteiger partial charge in [-0.15, -0.1) is 0 Å². The summed E-state index contributed by atoms with van der Waals surface area (Å²) < 4.78 is 5.12. The third-order valence-corrected chi connectivity index (χ3v) is 2.34. The predicted octanol–water partition coefficient (Wildman–Crippen LogP) is 3.00. The van der Waals surface area contributed by atoms with Crippen molar-refractivity contribution in [2.45, 2.75) is 65.4 Å². The van der Waals surface area contributed by atoms with Gasteiger partial charge in [0.05, 0.1) is 12.3 Å². The van der Waals surface area contributed by atoms with Crippen LogP contribution in [0.15, 0.2) is 0 Å². The van der Waals surface area contributed by atoms with Gasteiger partial charge < -0.3 is 9.84 Å². The van der Waals surface area contributed by atoms with E-state index in [9.17, 15) is 9.59 Å². The van der Waals surface area contributed by atoms with Crippen molar-refractivity contribution in [3.05, 3.63) is 0 Å². The molecule has 0 fully saturated rings. The molecule has 0 rings (SSSR count). The summed E-state index contributed by atoms with van der Waals surface area (Å²) in [5, 5.41) is 9.01. The van der Waals surface area contributed by atoms with Gasteiger partial charge in [0.25, 0.3) is 0 Å². The molecule has 0 spiro atoms. The molecule has 4 heteroatoms. The van der Waals surface area contributed by atoms with Crippen LogP contribution in [0.3, 0.4) is 0 Å². The SMILES string of the molecule is CCCCC[C@@H](CC(=O)OC(C)(C)C)C(=O)O. The van der Waals surface area contributed by atoms with Crippen LogP contribution in [0.25, 0.3) is 0 Å². The largest absolute Gasteiger partial charge is 0.481 e. The Labute approximate surface area is 103 Å². The number of aliphatic carboxylic acids is 1. The lowest BCUT2D eigenvalue weighted by Crippen LogP contribution is -2.27. The summed E-state index contributed by atoms with van der Waals surface area (Å²) in [5.41, 5.74) is -0.552. The number of carboxylic acid groups (broad SMARTS) is 1. The maximum atomic E-state index is 11.5. The molecular weight excluding hydrogens is 220 g/mol. The zero-order valence-electron chi connectivity index (χ0n) is 11.3. The highest BCUT2D eigenvalue weighted by molar-refractivity contribution is 5.78. The van der Waals surface area contributed by atoms with Crippen molar-refractivity contribution >= 4 is 11.9 Å². The van der Waals surface area contributed by atoms with Crippen LogP contribution < -0.4 is 0 Å². The lowest BCUT2D eigenvalue weighted by Gasteiger charge is -2.21. The average Bonchev–Trinajstić information content (AvgIpc) is 2.13. The van der Waals surface area contributed by atoms with Gasteiger partial charge in [0.15, 0.2) is 0 Å². The second kappa shape index (κ2) is 7.30. The monoisotopic (exact) mass is 244 g/mol. The predicted molar refractivity (Wildman–Crippen MR) is 65.7 cm³/mol. The van der Waals surface area contributed by atoms with Crippen molar-refractivity contribution in [2.75, 3.05) is 0 Å². The number of carbonyl (C=O) groups excluding carboxylic acids is 1. The van der Waals surface area contributed by atoms with Crippen LogP contribution in [-0.2, 0) is 14.3 Å². The molecule has 17 heavy (non-hydrogen) atoms. The third-order valence-electron chi connectivity index (χ3n) is 2.34. The topological polar surface area (TPSA) is 63.6 Å². The van der Waals surface area contributed by atoms with E-state index in [-0.39, 0.29) is 6.42 Å². The molecule has 0 unspecified atom stereocenters. The number of ether oxygens (including phenoxy) is 1. The first kappa shape index (κ1) is 15.9. The highest BCUT2D eigenvalue weighted by Crippen LogP contribution is 2.17. The smallest absolute Gasteiger partial charge is 0.307 e. The number of esters is 1. The van der Waals surface area contributed by atoms with Gasteiger partial charge in [0, 0.05) is 0 Å². The zero-order chi connectivity index (χ0) is 13.5. The molecule has 0 aliphatic carbocycles. The van der Waals surface area contributed by atoms with Crippen molar-refractivity contribution in [3.8, 4) is 0 Å². The van der Waals surface area contributed by atoms with Gasteiger partial charge in [-0.1, -0.05) is 26.2 Å². The Balaban J connectivity index is 4.16. The molecule has 0 amide bonds. The van der Waals surface area contributed by atoms with Crippen molar-refractivity contribution in [2.24, 2.45) is 5.92 Å². The van der Waals surface area contributed by atoms with E-state index in [4.69, 9.17) is 9.84 Å². The Bertz CT molecular complexity index is 253. The van der Waals surface area contributed by atoms with E-state index < -0.39 is 23.5 Å². The third kappa shape index (κ3) is 8.72. The maximum absolute atomic E-state index is 11.5. The minimum absolute atomic E-state index is 0.0314. The number of hydrogen-bond donors (Lipinski definition) is 1. The average molecular weight is 244 g/mol. The molecule has 0 aromatic rings. The van der Waals surface area contributed by atoms with Crippen LogP contribution in [-0.4, -0.2) is 22.6 Å². The summed E-state index contributed by atoms with van der Waals surface area (Å²) >= 11 is 0. The fraction of sp³-hybridized carbons (Fsp3) is 0.846. The van der Waals surface area contributed by atoms with Crippen molar-refractivity contribution < 1.29 is 19.4 Å². The minimum Gasteiger partial charge on any atom is -0.481 e. The highest BCUT2D eigenvalue weighted by atomic mass is 16.6. The lowest BCUT2D eigenvalue weighted by molar-refractivity contribution is -0.160. The number of unbranched alkanes of at least 4 members (excludes halogenated alkanes) is 2. The Morgan fingerprint density at radius 3 is 2.24 bits per heavy atom. The standard InChI is InChI=1S/C13H24O4/c1-5-6-7-8-10(12(15)16)9-11(14)17-13(2,3)4/h10H,5-9H2,1-4H3,(H,15,16)/t10-/m0/s1. The molecule has 1 atom stereocenters. The lowest BCUT2D eigenvalue weighted by atomic mass is 9.98. The van der Waals surface area contributed by atoms with Crippen molar-refractivity contribution in [1.82, 2.24) is 0 Å². The first-order chi connectivity index (χ1) is 7.76. The first-order valence-corrected chi connectivity index (χ1v) is 6.21. The van der Waals surface area contributed by atoms with E-state index in [0.29, 0.717) is 6.42 Å². The Morgan fingerprint density at radius 2 is 1.82 bits per heavy atom. The summed E-state index contributed by atoms with van der Waals surface area (Å²) in [5.74, 6) is -1.95. The molecule has 1 N–H and O–H groups in total. The zero-order valence-corrected chi connectivity index (χ0v) is 11.3.